The minimum atomic E-state index is -3.65. The van der Waals surface area contributed by atoms with Gasteiger partial charge in [-0.25, -0.2) is 8.42 Å². The van der Waals surface area contributed by atoms with Gasteiger partial charge in [-0.15, -0.1) is 0 Å². The molecular weight excluding hydrogens is 366 g/mol. The highest BCUT2D eigenvalue weighted by Crippen LogP contribution is 2.28. The first kappa shape index (κ1) is 21.4. The van der Waals surface area contributed by atoms with Crippen LogP contribution in [0.4, 0.5) is 0 Å². The average molecular weight is 396 g/mol. The SMILES string of the molecule is CCCCNC(=O)C(=O)NCC1CCCN1S(=O)(=O)c1cc(C)ccc1C. The van der Waals surface area contributed by atoms with Gasteiger partial charge in [0.05, 0.1) is 4.90 Å². The highest BCUT2D eigenvalue weighted by atomic mass is 32.2. The predicted octanol–water partition coefficient (Wildman–Crippen LogP) is 1.49. The summed E-state index contributed by atoms with van der Waals surface area (Å²) in [7, 11) is -3.65. The Bertz CT molecular complexity index is 792. The molecule has 150 valence electrons. The standard InChI is InChI=1S/C19H29N3O4S/c1-4-5-10-20-18(23)19(24)21-13-16-7-6-11-22(16)27(25,26)17-12-14(2)8-9-15(17)3/h8-9,12,16H,4-7,10-11,13H2,1-3H3,(H,20,23)(H,21,24). The second-order valence-corrected chi connectivity index (χ2v) is 8.86. The fraction of sp³-hybridized carbons (Fsp3) is 0.579. The van der Waals surface area contributed by atoms with Crippen LogP contribution in [0.1, 0.15) is 43.7 Å². The van der Waals surface area contributed by atoms with Crippen LogP contribution >= 0.6 is 0 Å². The van der Waals surface area contributed by atoms with Gasteiger partial charge in [-0.05, 0) is 50.3 Å². The van der Waals surface area contributed by atoms with Crippen LogP contribution in [0, 0.1) is 13.8 Å². The van der Waals surface area contributed by atoms with Crippen molar-refractivity contribution in [3.8, 4) is 0 Å². The lowest BCUT2D eigenvalue weighted by Crippen LogP contribution is -2.47. The molecule has 2 amide bonds. The van der Waals surface area contributed by atoms with Gasteiger partial charge in [0.2, 0.25) is 10.0 Å². The summed E-state index contributed by atoms with van der Waals surface area (Å²) in [6.07, 6.45) is 3.12. The number of hydrogen-bond donors (Lipinski definition) is 2. The van der Waals surface area contributed by atoms with Gasteiger partial charge in [-0.2, -0.15) is 4.31 Å². The fourth-order valence-corrected chi connectivity index (χ4v) is 5.20. The molecule has 2 N–H and O–H groups in total. The maximum atomic E-state index is 13.1. The van der Waals surface area contributed by atoms with Crippen molar-refractivity contribution in [3.63, 3.8) is 0 Å². The number of nitrogens with one attached hydrogen (secondary N) is 2. The van der Waals surface area contributed by atoms with Gasteiger partial charge in [0, 0.05) is 25.7 Å². The van der Waals surface area contributed by atoms with Crippen molar-refractivity contribution >= 4 is 21.8 Å². The summed E-state index contributed by atoms with van der Waals surface area (Å²) in [5.41, 5.74) is 1.58. The van der Waals surface area contributed by atoms with Crippen molar-refractivity contribution in [3.05, 3.63) is 29.3 Å². The Balaban J connectivity index is 2.03. The first-order valence-corrected chi connectivity index (χ1v) is 10.9. The molecule has 0 aromatic heterocycles. The molecule has 1 aliphatic rings. The van der Waals surface area contributed by atoms with Gasteiger partial charge in [0.1, 0.15) is 0 Å². The molecule has 1 heterocycles. The Labute approximate surface area is 161 Å². The van der Waals surface area contributed by atoms with Crippen LogP contribution in [0.2, 0.25) is 0 Å². The predicted molar refractivity (Wildman–Crippen MR) is 104 cm³/mol. The molecule has 1 aromatic rings. The molecule has 1 aromatic carbocycles. The smallest absolute Gasteiger partial charge is 0.309 e. The van der Waals surface area contributed by atoms with Gasteiger partial charge < -0.3 is 10.6 Å². The van der Waals surface area contributed by atoms with Crippen LogP contribution in [0.15, 0.2) is 23.1 Å². The zero-order valence-electron chi connectivity index (χ0n) is 16.2. The topological polar surface area (TPSA) is 95.6 Å². The molecule has 27 heavy (non-hydrogen) atoms. The highest BCUT2D eigenvalue weighted by molar-refractivity contribution is 7.89. The molecule has 1 fully saturated rings. The Morgan fingerprint density at radius 3 is 2.59 bits per heavy atom. The zero-order chi connectivity index (χ0) is 20.0. The summed E-state index contributed by atoms with van der Waals surface area (Å²) in [6.45, 7) is 6.64. The Hall–Kier alpha value is -1.93. The highest BCUT2D eigenvalue weighted by Gasteiger charge is 2.36. The maximum absolute atomic E-state index is 13.1. The molecule has 1 atom stereocenters. The molecule has 2 rings (SSSR count). The van der Waals surface area contributed by atoms with Crippen LogP contribution in [0.25, 0.3) is 0 Å². The van der Waals surface area contributed by atoms with Crippen LogP contribution < -0.4 is 10.6 Å². The molecule has 1 aliphatic heterocycles. The zero-order valence-corrected chi connectivity index (χ0v) is 17.1. The molecule has 0 saturated carbocycles. The van der Waals surface area contributed by atoms with E-state index >= 15 is 0 Å². The van der Waals surface area contributed by atoms with Gasteiger partial charge in [-0.1, -0.05) is 25.5 Å². The summed E-state index contributed by atoms with van der Waals surface area (Å²) in [4.78, 5) is 24.0. The van der Waals surface area contributed by atoms with E-state index in [-0.39, 0.29) is 12.6 Å². The second kappa shape index (κ2) is 9.32. The lowest BCUT2D eigenvalue weighted by molar-refractivity contribution is -0.139. The third-order valence-corrected chi connectivity index (χ3v) is 6.87. The van der Waals surface area contributed by atoms with Gasteiger partial charge in [0.25, 0.3) is 0 Å². The first-order chi connectivity index (χ1) is 12.8. The minimum Gasteiger partial charge on any atom is -0.348 e. The Morgan fingerprint density at radius 2 is 1.89 bits per heavy atom. The van der Waals surface area contributed by atoms with E-state index in [0.717, 1.165) is 24.8 Å². The number of sulfonamides is 1. The number of nitrogens with zero attached hydrogens (tertiary/aromatic N) is 1. The quantitative estimate of drug-likeness (QED) is 0.540. The molecule has 0 aliphatic carbocycles. The van der Waals surface area contributed by atoms with Crippen LogP contribution in [-0.2, 0) is 19.6 Å². The maximum Gasteiger partial charge on any atom is 0.309 e. The number of aryl methyl sites for hydroxylation is 2. The third kappa shape index (κ3) is 5.29. The van der Waals surface area contributed by atoms with E-state index in [9.17, 15) is 18.0 Å². The third-order valence-electron chi connectivity index (χ3n) is 4.77. The van der Waals surface area contributed by atoms with E-state index in [2.05, 4.69) is 10.6 Å². The molecule has 1 saturated heterocycles. The van der Waals surface area contributed by atoms with Crippen molar-refractivity contribution in [2.24, 2.45) is 0 Å². The minimum absolute atomic E-state index is 0.129. The number of rotatable bonds is 7. The van der Waals surface area contributed by atoms with E-state index in [1.807, 2.05) is 19.9 Å². The van der Waals surface area contributed by atoms with E-state index in [1.165, 1.54) is 4.31 Å². The summed E-state index contributed by atoms with van der Waals surface area (Å²) in [6, 6.07) is 5.02. The van der Waals surface area contributed by atoms with E-state index in [4.69, 9.17) is 0 Å². The summed E-state index contributed by atoms with van der Waals surface area (Å²) < 4.78 is 27.7. The fourth-order valence-electron chi connectivity index (χ4n) is 3.19. The van der Waals surface area contributed by atoms with E-state index < -0.39 is 21.8 Å². The van der Waals surface area contributed by atoms with Gasteiger partial charge in [-0.3, -0.25) is 9.59 Å². The van der Waals surface area contributed by atoms with Crippen molar-refractivity contribution in [2.45, 2.75) is 57.4 Å². The average Bonchev–Trinajstić information content (AvgIpc) is 3.11. The normalized spacial score (nSPS) is 17.7. The number of amides is 2. The number of carbonyl (C=O) groups excluding carboxylic acids is 2. The Kier molecular flexibility index (Phi) is 7.38. The molecule has 0 radical (unpaired) electrons. The summed E-state index contributed by atoms with van der Waals surface area (Å²) in [5, 5.41) is 5.13. The van der Waals surface area contributed by atoms with E-state index in [1.54, 1.807) is 19.1 Å². The molecule has 0 spiro atoms. The lowest BCUT2D eigenvalue weighted by Gasteiger charge is -2.25. The van der Waals surface area contributed by atoms with Crippen LogP contribution in [0.3, 0.4) is 0 Å². The Morgan fingerprint density at radius 1 is 1.19 bits per heavy atom. The summed E-state index contributed by atoms with van der Waals surface area (Å²) >= 11 is 0. The van der Waals surface area contributed by atoms with Crippen molar-refractivity contribution < 1.29 is 18.0 Å². The summed E-state index contributed by atoms with van der Waals surface area (Å²) in [5.74, 6) is -1.40. The lowest BCUT2D eigenvalue weighted by atomic mass is 10.2. The second-order valence-electron chi connectivity index (χ2n) is 7.00. The number of unbranched alkanes of at least 4 members (excludes halogenated alkanes) is 1. The number of hydrogen-bond acceptors (Lipinski definition) is 4. The molecular formula is C19H29N3O4S. The van der Waals surface area contributed by atoms with E-state index in [0.29, 0.717) is 30.0 Å². The molecule has 8 heteroatoms. The van der Waals surface area contributed by atoms with Gasteiger partial charge in [0.15, 0.2) is 0 Å². The van der Waals surface area contributed by atoms with Crippen LogP contribution in [0.5, 0.6) is 0 Å². The number of carbonyl (C=O) groups is 2. The molecule has 7 nitrogen and oxygen atoms in total. The van der Waals surface area contributed by atoms with Crippen molar-refractivity contribution in [2.75, 3.05) is 19.6 Å². The van der Waals surface area contributed by atoms with Gasteiger partial charge >= 0.3 is 11.8 Å². The van der Waals surface area contributed by atoms with Crippen molar-refractivity contribution in [1.82, 2.24) is 14.9 Å². The molecule has 1 unspecified atom stereocenters. The largest absolute Gasteiger partial charge is 0.348 e. The van der Waals surface area contributed by atoms with Crippen molar-refractivity contribution in [1.29, 1.82) is 0 Å². The van der Waals surface area contributed by atoms with Crippen LogP contribution in [-0.4, -0.2) is 50.2 Å². The first-order valence-electron chi connectivity index (χ1n) is 9.42. The number of benzene rings is 1. The monoisotopic (exact) mass is 395 g/mol. The molecule has 0 bridgehead atoms.